The molecule has 1 saturated heterocycles. The Morgan fingerprint density at radius 2 is 2.00 bits per heavy atom. The molecule has 0 bridgehead atoms. The quantitative estimate of drug-likeness (QED) is 0.446. The second-order valence-electron chi connectivity index (χ2n) is 8.27. The van der Waals surface area contributed by atoms with E-state index in [1.54, 1.807) is 6.07 Å². The number of nitrogens with zero attached hydrogens (tertiary/aromatic N) is 3. The normalized spacial score (nSPS) is 17.4. The van der Waals surface area contributed by atoms with Crippen molar-refractivity contribution < 1.29 is 31.8 Å². The summed E-state index contributed by atoms with van der Waals surface area (Å²) in [5.41, 5.74) is 2.68. The molecule has 0 spiro atoms. The van der Waals surface area contributed by atoms with Crippen molar-refractivity contribution in [1.82, 2.24) is 20.4 Å². The highest BCUT2D eigenvalue weighted by Crippen LogP contribution is 2.36. The lowest BCUT2D eigenvalue weighted by molar-refractivity contribution is -0.142. The maximum absolute atomic E-state index is 13.9. The molecule has 0 saturated carbocycles. The van der Waals surface area contributed by atoms with Gasteiger partial charge in [0.25, 0.3) is 5.56 Å². The van der Waals surface area contributed by atoms with Crippen LogP contribution in [0.4, 0.5) is 17.6 Å². The molecule has 2 atom stereocenters. The zero-order valence-corrected chi connectivity index (χ0v) is 20.2. The van der Waals surface area contributed by atoms with Crippen LogP contribution in [0.5, 0.6) is 17.2 Å². The molecule has 1 aliphatic rings. The first-order valence-corrected chi connectivity index (χ1v) is 11.3. The van der Waals surface area contributed by atoms with Crippen LogP contribution < -0.4 is 25.9 Å². The molecule has 38 heavy (non-hydrogen) atoms. The number of halogens is 5. The highest BCUT2D eigenvalue weighted by Gasteiger charge is 2.39. The topological polar surface area (TPSA) is 118 Å². The molecule has 4 rings (SSSR count). The van der Waals surface area contributed by atoms with E-state index in [-0.39, 0.29) is 40.6 Å². The third-order valence-corrected chi connectivity index (χ3v) is 5.92. The van der Waals surface area contributed by atoms with Crippen molar-refractivity contribution in [3.8, 4) is 23.3 Å². The standard InChI is InChI=1S/C24H18ClF4N5O4/c1-37-19-3-2-14(26)7-17(19)18-8-15(32-33-22(18)35)10-34-11-31-21(24(27,28)29)20(23(34)36)38-16-5-12(9-30)4-13(25)6-16/h2-7,11,15,18,32H,8,10H2,1H3,(H,33,35). The second kappa shape index (κ2) is 10.7. The van der Waals surface area contributed by atoms with Crippen LogP contribution in [0.25, 0.3) is 0 Å². The van der Waals surface area contributed by atoms with E-state index in [0.29, 0.717) is 6.33 Å². The summed E-state index contributed by atoms with van der Waals surface area (Å²) in [4.78, 5) is 29.0. The largest absolute Gasteiger partial charge is 0.496 e. The Morgan fingerprint density at radius 3 is 2.68 bits per heavy atom. The second-order valence-corrected chi connectivity index (χ2v) is 8.71. The first-order valence-electron chi connectivity index (χ1n) is 10.9. The minimum atomic E-state index is -5.03. The fourth-order valence-electron chi connectivity index (χ4n) is 4.01. The Morgan fingerprint density at radius 1 is 1.24 bits per heavy atom. The maximum Gasteiger partial charge on any atom is 0.437 e. The van der Waals surface area contributed by atoms with Crippen molar-refractivity contribution in [3.63, 3.8) is 0 Å². The van der Waals surface area contributed by atoms with Crippen molar-refractivity contribution in [2.75, 3.05) is 7.11 Å². The van der Waals surface area contributed by atoms with E-state index in [1.165, 1.54) is 25.3 Å². The number of hydrazine groups is 1. The van der Waals surface area contributed by atoms with Gasteiger partial charge in [0.1, 0.15) is 17.3 Å². The molecule has 1 fully saturated rings. The van der Waals surface area contributed by atoms with E-state index in [4.69, 9.17) is 26.3 Å². The van der Waals surface area contributed by atoms with E-state index < -0.39 is 46.9 Å². The van der Waals surface area contributed by atoms with Gasteiger partial charge in [0.2, 0.25) is 11.7 Å². The molecule has 1 aliphatic heterocycles. The maximum atomic E-state index is 13.9. The van der Waals surface area contributed by atoms with E-state index >= 15 is 0 Å². The smallest absolute Gasteiger partial charge is 0.437 e. The summed E-state index contributed by atoms with van der Waals surface area (Å²) in [6.45, 7) is -0.228. The van der Waals surface area contributed by atoms with Crippen molar-refractivity contribution in [2.45, 2.75) is 31.1 Å². The van der Waals surface area contributed by atoms with Crippen LogP contribution in [0.3, 0.4) is 0 Å². The van der Waals surface area contributed by atoms with E-state index in [2.05, 4.69) is 15.8 Å². The molecule has 198 valence electrons. The number of carbonyl (C=O) groups excluding carboxylic acids is 1. The first kappa shape index (κ1) is 26.9. The van der Waals surface area contributed by atoms with Crippen LogP contribution in [0.2, 0.25) is 5.02 Å². The van der Waals surface area contributed by atoms with Gasteiger partial charge in [0.15, 0.2) is 5.69 Å². The monoisotopic (exact) mass is 551 g/mol. The summed E-state index contributed by atoms with van der Waals surface area (Å²) in [5, 5.41) is 9.11. The van der Waals surface area contributed by atoms with Gasteiger partial charge in [-0.3, -0.25) is 19.6 Å². The van der Waals surface area contributed by atoms with E-state index in [9.17, 15) is 27.2 Å². The number of nitrogens with one attached hydrogen (secondary N) is 2. The van der Waals surface area contributed by atoms with Crippen LogP contribution in [-0.4, -0.2) is 28.6 Å². The van der Waals surface area contributed by atoms with Gasteiger partial charge < -0.3 is 9.47 Å². The van der Waals surface area contributed by atoms with Crippen LogP contribution in [-0.2, 0) is 17.5 Å². The number of carbonyl (C=O) groups is 1. The van der Waals surface area contributed by atoms with Crippen LogP contribution >= 0.6 is 11.6 Å². The molecule has 2 heterocycles. The van der Waals surface area contributed by atoms with E-state index in [1.807, 2.05) is 0 Å². The average molecular weight is 552 g/mol. The minimum Gasteiger partial charge on any atom is -0.496 e. The SMILES string of the molecule is COc1ccc(F)cc1C1CC(Cn2cnc(C(F)(F)F)c(Oc3cc(Cl)cc(C#N)c3)c2=O)NNC1=O. The Kier molecular flexibility index (Phi) is 7.56. The predicted octanol–water partition coefficient (Wildman–Crippen LogP) is 3.90. The molecule has 3 aromatic rings. The average Bonchev–Trinajstić information content (AvgIpc) is 2.86. The number of rotatable bonds is 6. The number of methoxy groups -OCH3 is 1. The Labute approximate surface area is 217 Å². The van der Waals surface area contributed by atoms with Crippen LogP contribution in [0.15, 0.2) is 47.5 Å². The minimum absolute atomic E-state index is 0.00578. The number of alkyl halides is 3. The molecule has 14 heteroatoms. The summed E-state index contributed by atoms with van der Waals surface area (Å²) in [6, 6.07) is 8.36. The molecule has 1 aromatic heterocycles. The van der Waals surface area contributed by atoms with Crippen molar-refractivity contribution in [3.05, 3.63) is 80.7 Å². The lowest BCUT2D eigenvalue weighted by atomic mass is 9.89. The van der Waals surface area contributed by atoms with E-state index in [0.717, 1.165) is 22.8 Å². The van der Waals surface area contributed by atoms with Crippen LogP contribution in [0.1, 0.15) is 29.2 Å². The lowest BCUT2D eigenvalue weighted by Gasteiger charge is -2.31. The number of aromatic nitrogens is 2. The Balaban J connectivity index is 1.67. The van der Waals surface area contributed by atoms with Crippen molar-refractivity contribution in [1.29, 1.82) is 5.26 Å². The summed E-state index contributed by atoms with van der Waals surface area (Å²) >= 11 is 5.90. The zero-order valence-electron chi connectivity index (χ0n) is 19.5. The van der Waals surface area contributed by atoms with Gasteiger partial charge >= 0.3 is 6.18 Å². The highest BCUT2D eigenvalue weighted by molar-refractivity contribution is 6.30. The number of benzene rings is 2. The predicted molar refractivity (Wildman–Crippen MR) is 125 cm³/mol. The first-order chi connectivity index (χ1) is 18.0. The number of ether oxygens (including phenoxy) is 2. The van der Waals surface area contributed by atoms with Gasteiger partial charge in [0.05, 0.1) is 31.0 Å². The molecule has 2 unspecified atom stereocenters. The van der Waals surface area contributed by atoms with Crippen molar-refractivity contribution in [2.24, 2.45) is 0 Å². The van der Waals surface area contributed by atoms with Gasteiger partial charge in [-0.15, -0.1) is 0 Å². The summed E-state index contributed by atoms with van der Waals surface area (Å²) in [7, 11) is 1.36. The third kappa shape index (κ3) is 5.71. The van der Waals surface area contributed by atoms with Gasteiger partial charge in [-0.05, 0) is 42.8 Å². The lowest BCUT2D eigenvalue weighted by Crippen LogP contribution is -2.54. The fourth-order valence-corrected chi connectivity index (χ4v) is 4.24. The van der Waals surface area contributed by atoms with Crippen molar-refractivity contribution >= 4 is 17.5 Å². The summed E-state index contributed by atoms with van der Waals surface area (Å²) in [5.74, 6) is -3.06. The molecule has 0 radical (unpaired) electrons. The number of hydrogen-bond acceptors (Lipinski definition) is 7. The molecule has 1 amide bonds. The summed E-state index contributed by atoms with van der Waals surface area (Å²) in [6.07, 6.45) is -4.26. The zero-order chi connectivity index (χ0) is 27.6. The van der Waals surface area contributed by atoms with Crippen LogP contribution in [0, 0.1) is 17.1 Å². The molecular weight excluding hydrogens is 534 g/mol. The molecule has 2 aromatic carbocycles. The van der Waals surface area contributed by atoms with Gasteiger partial charge in [-0.25, -0.2) is 14.8 Å². The number of hydrogen-bond donors (Lipinski definition) is 2. The van der Waals surface area contributed by atoms with Gasteiger partial charge in [-0.1, -0.05) is 11.6 Å². The molecular formula is C24H18ClF4N5O4. The Bertz CT molecular complexity index is 1490. The summed E-state index contributed by atoms with van der Waals surface area (Å²) < 4.78 is 66.3. The Hall–Kier alpha value is -4.15. The third-order valence-electron chi connectivity index (χ3n) is 5.71. The number of amides is 1. The fraction of sp³-hybridized carbons (Fsp3) is 0.250. The van der Waals surface area contributed by atoms with Gasteiger partial charge in [-0.2, -0.15) is 18.4 Å². The number of nitriles is 1. The van der Waals surface area contributed by atoms with Gasteiger partial charge in [0, 0.05) is 23.2 Å². The molecule has 0 aliphatic carbocycles. The molecule has 9 nitrogen and oxygen atoms in total. The highest BCUT2D eigenvalue weighted by atomic mass is 35.5. The molecule has 2 N–H and O–H groups in total.